The van der Waals surface area contributed by atoms with E-state index in [1.165, 1.54) is 0 Å². The normalized spacial score (nSPS) is 15.2. The molecule has 2 atom stereocenters. The molecular weight excluding hydrogens is 275 g/mol. The predicted molar refractivity (Wildman–Crippen MR) is 84.1 cm³/mol. The number of hydrazine groups is 1. The molecule has 114 valence electrons. The van der Waals surface area contributed by atoms with Crippen molar-refractivity contribution >= 4 is 11.6 Å². The third-order valence-corrected chi connectivity index (χ3v) is 3.67. The molecule has 0 aliphatic heterocycles. The smallest absolute Gasteiger partial charge is 0.145 e. The summed E-state index contributed by atoms with van der Waals surface area (Å²) >= 11 is 5.81. The number of hydrogen-bond acceptors (Lipinski definition) is 2. The van der Waals surface area contributed by atoms with Gasteiger partial charge in [-0.3, -0.25) is 11.3 Å². The summed E-state index contributed by atoms with van der Waals surface area (Å²) in [5, 5.41) is 0.168. The number of nitrogens with two attached hydrogens (primary N) is 1. The Kier molecular flexibility index (Phi) is 6.44. The zero-order valence-corrected chi connectivity index (χ0v) is 13.6. The number of rotatable bonds is 6. The molecule has 2 unspecified atom stereocenters. The Morgan fingerprint density at radius 1 is 1.35 bits per heavy atom. The van der Waals surface area contributed by atoms with E-state index in [9.17, 15) is 4.39 Å². The van der Waals surface area contributed by atoms with E-state index >= 15 is 0 Å². The molecule has 0 spiro atoms. The van der Waals surface area contributed by atoms with Crippen LogP contribution in [0.4, 0.5) is 4.39 Å². The maximum absolute atomic E-state index is 13.9. The monoisotopic (exact) mass is 300 g/mol. The summed E-state index contributed by atoms with van der Waals surface area (Å²) in [4.78, 5) is 0. The van der Waals surface area contributed by atoms with Crippen LogP contribution in [0.3, 0.4) is 0 Å². The first-order valence-corrected chi connectivity index (χ1v) is 7.49. The Labute approximate surface area is 126 Å². The van der Waals surface area contributed by atoms with Gasteiger partial charge >= 0.3 is 0 Å². The quantitative estimate of drug-likeness (QED) is 0.606. The Morgan fingerprint density at radius 3 is 2.55 bits per heavy atom. The van der Waals surface area contributed by atoms with Crippen LogP contribution in [0.1, 0.15) is 46.1 Å². The zero-order chi connectivity index (χ0) is 15.3. The van der Waals surface area contributed by atoms with Crippen LogP contribution < -0.4 is 11.3 Å². The molecule has 0 saturated heterocycles. The van der Waals surface area contributed by atoms with E-state index in [1.54, 1.807) is 18.2 Å². The molecule has 1 aromatic carbocycles. The lowest BCUT2D eigenvalue weighted by Crippen LogP contribution is -2.38. The van der Waals surface area contributed by atoms with Crippen LogP contribution in [0.25, 0.3) is 0 Å². The van der Waals surface area contributed by atoms with Gasteiger partial charge in [0.1, 0.15) is 5.82 Å². The lowest BCUT2D eigenvalue weighted by atomic mass is 9.82. The first kappa shape index (κ1) is 17.4. The van der Waals surface area contributed by atoms with Gasteiger partial charge in [0.2, 0.25) is 0 Å². The van der Waals surface area contributed by atoms with Crippen LogP contribution in [-0.2, 0) is 6.42 Å². The van der Waals surface area contributed by atoms with Gasteiger partial charge in [-0.05, 0) is 42.2 Å². The van der Waals surface area contributed by atoms with Crippen LogP contribution in [-0.4, -0.2) is 6.04 Å². The fraction of sp³-hybridized carbons (Fsp3) is 0.625. The molecule has 1 aromatic rings. The highest BCUT2D eigenvalue weighted by atomic mass is 35.5. The molecule has 0 radical (unpaired) electrons. The largest absolute Gasteiger partial charge is 0.271 e. The topological polar surface area (TPSA) is 38.0 Å². The Bertz CT molecular complexity index is 429. The Morgan fingerprint density at radius 2 is 2.00 bits per heavy atom. The molecular formula is C16H26ClFN2. The second kappa shape index (κ2) is 7.39. The molecule has 3 N–H and O–H groups in total. The van der Waals surface area contributed by atoms with Crippen LogP contribution in [0.15, 0.2) is 18.2 Å². The lowest BCUT2D eigenvalue weighted by molar-refractivity contribution is 0.274. The molecule has 0 amide bonds. The third-order valence-electron chi connectivity index (χ3n) is 3.38. The third kappa shape index (κ3) is 5.78. The Balaban J connectivity index is 2.65. The fourth-order valence-corrected chi connectivity index (χ4v) is 2.99. The summed E-state index contributed by atoms with van der Waals surface area (Å²) in [6.45, 7) is 8.89. The van der Waals surface area contributed by atoms with Crippen molar-refractivity contribution in [3.05, 3.63) is 34.6 Å². The van der Waals surface area contributed by atoms with Crippen LogP contribution in [0.2, 0.25) is 5.02 Å². The maximum atomic E-state index is 13.9. The lowest BCUT2D eigenvalue weighted by Gasteiger charge is -2.26. The summed E-state index contributed by atoms with van der Waals surface area (Å²) < 4.78 is 13.9. The predicted octanol–water partition coefficient (Wildman–Crippen LogP) is 4.32. The molecule has 2 nitrogen and oxygen atoms in total. The molecule has 0 aromatic heterocycles. The van der Waals surface area contributed by atoms with Crippen molar-refractivity contribution in [2.75, 3.05) is 0 Å². The average molecular weight is 301 g/mol. The summed E-state index contributed by atoms with van der Waals surface area (Å²) in [6.07, 6.45) is 2.58. The van der Waals surface area contributed by atoms with E-state index < -0.39 is 0 Å². The van der Waals surface area contributed by atoms with Gasteiger partial charge in [-0.15, -0.1) is 0 Å². The van der Waals surface area contributed by atoms with Gasteiger partial charge < -0.3 is 0 Å². The number of hydrogen-bond donors (Lipinski definition) is 2. The highest BCUT2D eigenvalue weighted by Crippen LogP contribution is 2.27. The average Bonchev–Trinajstić information content (AvgIpc) is 2.31. The number of benzene rings is 1. The molecule has 0 aliphatic rings. The molecule has 0 fully saturated rings. The van der Waals surface area contributed by atoms with E-state index in [0.29, 0.717) is 23.3 Å². The van der Waals surface area contributed by atoms with Crippen LogP contribution >= 0.6 is 11.6 Å². The first-order valence-electron chi connectivity index (χ1n) is 7.12. The molecule has 0 saturated carbocycles. The van der Waals surface area contributed by atoms with Gasteiger partial charge in [0.05, 0.1) is 5.02 Å². The summed E-state index contributed by atoms with van der Waals surface area (Å²) in [5.41, 5.74) is 3.71. The molecule has 0 bridgehead atoms. The van der Waals surface area contributed by atoms with Gasteiger partial charge in [0.25, 0.3) is 0 Å². The zero-order valence-electron chi connectivity index (χ0n) is 12.8. The number of halogens is 2. The first-order chi connectivity index (χ1) is 9.23. The fourth-order valence-electron chi connectivity index (χ4n) is 2.80. The second-order valence-electron chi connectivity index (χ2n) is 6.89. The van der Waals surface area contributed by atoms with E-state index in [-0.39, 0.29) is 16.9 Å². The van der Waals surface area contributed by atoms with Crippen molar-refractivity contribution in [1.82, 2.24) is 5.43 Å². The van der Waals surface area contributed by atoms with Crippen molar-refractivity contribution in [3.63, 3.8) is 0 Å². The van der Waals surface area contributed by atoms with E-state index in [2.05, 4.69) is 33.1 Å². The highest BCUT2D eigenvalue weighted by molar-refractivity contribution is 6.30. The van der Waals surface area contributed by atoms with Crippen molar-refractivity contribution in [2.24, 2.45) is 17.2 Å². The van der Waals surface area contributed by atoms with Crippen molar-refractivity contribution in [2.45, 2.75) is 53.0 Å². The summed E-state index contributed by atoms with van der Waals surface area (Å²) in [7, 11) is 0. The van der Waals surface area contributed by atoms with E-state index in [4.69, 9.17) is 17.4 Å². The minimum Gasteiger partial charge on any atom is -0.271 e. The maximum Gasteiger partial charge on any atom is 0.145 e. The van der Waals surface area contributed by atoms with Crippen LogP contribution in [0, 0.1) is 17.2 Å². The Hall–Kier alpha value is -0.640. The molecule has 0 heterocycles. The molecule has 20 heavy (non-hydrogen) atoms. The standard InChI is InChI=1S/C16H26ClFN2/c1-11(10-16(2,3)4)8-13(20-19)9-12-6-5-7-14(17)15(12)18/h5-7,11,13,20H,8-10,19H2,1-4H3. The van der Waals surface area contributed by atoms with Gasteiger partial charge in [0, 0.05) is 6.04 Å². The summed E-state index contributed by atoms with van der Waals surface area (Å²) in [6, 6.07) is 5.15. The van der Waals surface area contributed by atoms with E-state index in [0.717, 1.165) is 12.8 Å². The van der Waals surface area contributed by atoms with Gasteiger partial charge in [-0.1, -0.05) is 51.4 Å². The van der Waals surface area contributed by atoms with Crippen molar-refractivity contribution in [1.29, 1.82) is 0 Å². The number of nitrogens with one attached hydrogen (secondary N) is 1. The summed E-state index contributed by atoms with van der Waals surface area (Å²) in [5.74, 6) is 5.81. The molecule has 1 rings (SSSR count). The van der Waals surface area contributed by atoms with Gasteiger partial charge in [-0.2, -0.15) is 0 Å². The van der Waals surface area contributed by atoms with E-state index in [1.807, 2.05) is 0 Å². The van der Waals surface area contributed by atoms with Gasteiger partial charge in [-0.25, -0.2) is 4.39 Å². The SMILES string of the molecule is CC(CC(Cc1cccc(Cl)c1F)NN)CC(C)(C)C. The van der Waals surface area contributed by atoms with Crippen LogP contribution in [0.5, 0.6) is 0 Å². The highest BCUT2D eigenvalue weighted by Gasteiger charge is 2.20. The van der Waals surface area contributed by atoms with Crippen molar-refractivity contribution < 1.29 is 4.39 Å². The van der Waals surface area contributed by atoms with Crippen molar-refractivity contribution in [3.8, 4) is 0 Å². The second-order valence-corrected chi connectivity index (χ2v) is 7.29. The minimum atomic E-state index is -0.335. The molecule has 4 heteroatoms. The van der Waals surface area contributed by atoms with Gasteiger partial charge in [0.15, 0.2) is 0 Å². The minimum absolute atomic E-state index is 0.0558. The molecule has 0 aliphatic carbocycles.